The maximum Gasteiger partial charge on any atom is 0.305 e. The molecule has 0 radical (unpaired) electrons. The third-order valence-corrected chi connectivity index (χ3v) is 2.63. The molecule has 0 aliphatic carbocycles. The highest BCUT2D eigenvalue weighted by Crippen LogP contribution is 2.10. The highest BCUT2D eigenvalue weighted by atomic mass is 16.5. The van der Waals surface area contributed by atoms with Gasteiger partial charge >= 0.3 is 5.97 Å². The van der Waals surface area contributed by atoms with Gasteiger partial charge in [0.1, 0.15) is 5.82 Å². The molecular weight excluding hydrogens is 194 g/mol. The van der Waals surface area contributed by atoms with Crippen molar-refractivity contribution in [3.05, 3.63) is 17.7 Å². The Balaban J connectivity index is 2.02. The zero-order chi connectivity index (χ0) is 10.7. The minimum Gasteiger partial charge on any atom is -0.469 e. The van der Waals surface area contributed by atoms with Crippen molar-refractivity contribution < 1.29 is 9.53 Å². The fourth-order valence-corrected chi connectivity index (χ4v) is 1.79. The number of imidazole rings is 1. The van der Waals surface area contributed by atoms with Crippen LogP contribution >= 0.6 is 0 Å². The molecule has 5 heteroatoms. The number of carbonyl (C=O) groups is 1. The second-order valence-corrected chi connectivity index (χ2v) is 3.57. The summed E-state index contributed by atoms with van der Waals surface area (Å²) < 4.78 is 6.79. The molecule has 0 saturated carbocycles. The minimum absolute atomic E-state index is 0.167. The number of methoxy groups -OCH3 is 1. The Morgan fingerprint density at radius 1 is 1.73 bits per heavy atom. The van der Waals surface area contributed by atoms with E-state index in [0.29, 0.717) is 12.8 Å². The first-order valence-corrected chi connectivity index (χ1v) is 5.12. The number of aromatic nitrogens is 2. The average Bonchev–Trinajstić information content (AvgIpc) is 2.69. The largest absolute Gasteiger partial charge is 0.469 e. The summed E-state index contributed by atoms with van der Waals surface area (Å²) in [5, 5.41) is 3.26. The minimum atomic E-state index is -0.167. The molecular formula is C10H15N3O2. The maximum absolute atomic E-state index is 11.0. The van der Waals surface area contributed by atoms with Gasteiger partial charge in [-0.2, -0.15) is 0 Å². The molecule has 0 spiro atoms. The van der Waals surface area contributed by atoms with E-state index in [1.54, 1.807) is 0 Å². The second kappa shape index (κ2) is 4.44. The van der Waals surface area contributed by atoms with Crippen LogP contribution in [-0.4, -0.2) is 29.2 Å². The number of hydrogen-bond acceptors (Lipinski definition) is 4. The standard InChI is InChI=1S/C10H15N3O2/c1-15-10(14)3-2-8-6-12-9-7-11-4-5-13(8)9/h6,11H,2-5,7H2,1H3. The van der Waals surface area contributed by atoms with Crippen LogP contribution in [0, 0.1) is 0 Å². The molecule has 15 heavy (non-hydrogen) atoms. The van der Waals surface area contributed by atoms with E-state index in [1.165, 1.54) is 7.11 Å². The van der Waals surface area contributed by atoms with Crippen molar-refractivity contribution in [1.82, 2.24) is 14.9 Å². The van der Waals surface area contributed by atoms with Crippen LogP contribution in [0.25, 0.3) is 0 Å². The van der Waals surface area contributed by atoms with Gasteiger partial charge in [-0.25, -0.2) is 4.98 Å². The van der Waals surface area contributed by atoms with E-state index < -0.39 is 0 Å². The summed E-state index contributed by atoms with van der Waals surface area (Å²) in [5.41, 5.74) is 1.12. The fourth-order valence-electron chi connectivity index (χ4n) is 1.79. The van der Waals surface area contributed by atoms with Crippen LogP contribution in [0.1, 0.15) is 17.9 Å². The van der Waals surface area contributed by atoms with Crippen molar-refractivity contribution in [2.75, 3.05) is 13.7 Å². The molecule has 0 amide bonds. The number of rotatable bonds is 3. The molecule has 1 aliphatic rings. The van der Waals surface area contributed by atoms with Crippen molar-refractivity contribution in [1.29, 1.82) is 0 Å². The molecule has 0 unspecified atom stereocenters. The molecule has 2 rings (SSSR count). The van der Waals surface area contributed by atoms with Gasteiger partial charge in [-0.15, -0.1) is 0 Å². The number of hydrogen-bond donors (Lipinski definition) is 1. The lowest BCUT2D eigenvalue weighted by Gasteiger charge is -2.17. The molecule has 0 bridgehead atoms. The summed E-state index contributed by atoms with van der Waals surface area (Å²) in [6.07, 6.45) is 2.99. The second-order valence-electron chi connectivity index (χ2n) is 3.57. The summed E-state index contributed by atoms with van der Waals surface area (Å²) in [4.78, 5) is 15.3. The highest BCUT2D eigenvalue weighted by Gasteiger charge is 2.14. The van der Waals surface area contributed by atoms with Gasteiger partial charge in [-0.05, 0) is 6.42 Å². The van der Waals surface area contributed by atoms with Crippen LogP contribution in [0.5, 0.6) is 0 Å². The van der Waals surface area contributed by atoms with E-state index in [-0.39, 0.29) is 5.97 Å². The number of fused-ring (bicyclic) bond motifs is 1. The molecule has 2 heterocycles. The molecule has 1 aromatic heterocycles. The number of aryl methyl sites for hydroxylation is 1. The number of esters is 1. The van der Waals surface area contributed by atoms with Crippen LogP contribution in [0.4, 0.5) is 0 Å². The first-order chi connectivity index (χ1) is 7.31. The van der Waals surface area contributed by atoms with E-state index in [1.807, 2.05) is 6.20 Å². The van der Waals surface area contributed by atoms with Crippen molar-refractivity contribution in [2.45, 2.75) is 25.9 Å². The van der Waals surface area contributed by atoms with E-state index in [9.17, 15) is 4.79 Å². The Hall–Kier alpha value is -1.36. The zero-order valence-electron chi connectivity index (χ0n) is 8.82. The molecule has 1 aliphatic heterocycles. The number of nitrogens with one attached hydrogen (secondary N) is 1. The van der Waals surface area contributed by atoms with E-state index >= 15 is 0 Å². The van der Waals surface area contributed by atoms with E-state index in [0.717, 1.165) is 31.2 Å². The van der Waals surface area contributed by atoms with Crippen molar-refractivity contribution in [3.8, 4) is 0 Å². The molecule has 1 aromatic rings. The van der Waals surface area contributed by atoms with Crippen LogP contribution in [0.15, 0.2) is 6.20 Å². The Labute approximate surface area is 88.4 Å². The van der Waals surface area contributed by atoms with E-state index in [2.05, 4.69) is 19.6 Å². The normalized spacial score (nSPS) is 14.7. The van der Waals surface area contributed by atoms with Gasteiger partial charge in [0.15, 0.2) is 0 Å². The molecule has 0 atom stereocenters. The van der Waals surface area contributed by atoms with Crippen LogP contribution in [-0.2, 0) is 29.0 Å². The number of carbonyl (C=O) groups excluding carboxylic acids is 1. The summed E-state index contributed by atoms with van der Waals surface area (Å²) in [6.45, 7) is 2.72. The zero-order valence-corrected chi connectivity index (χ0v) is 8.82. The fraction of sp³-hybridized carbons (Fsp3) is 0.600. The molecule has 1 N–H and O–H groups in total. The summed E-state index contributed by atoms with van der Waals surface area (Å²) in [5.74, 6) is 0.889. The Kier molecular flexibility index (Phi) is 3.01. The molecule has 0 saturated heterocycles. The third kappa shape index (κ3) is 2.18. The lowest BCUT2D eigenvalue weighted by atomic mass is 10.2. The smallest absolute Gasteiger partial charge is 0.305 e. The van der Waals surface area contributed by atoms with Gasteiger partial charge in [-0.1, -0.05) is 0 Å². The van der Waals surface area contributed by atoms with Crippen LogP contribution < -0.4 is 5.32 Å². The van der Waals surface area contributed by atoms with Gasteiger partial charge in [0.25, 0.3) is 0 Å². The third-order valence-electron chi connectivity index (χ3n) is 2.63. The van der Waals surface area contributed by atoms with Crippen molar-refractivity contribution in [2.24, 2.45) is 0 Å². The Bertz CT molecular complexity index is 360. The SMILES string of the molecule is COC(=O)CCc1cnc2n1CCNC2. The molecule has 0 aromatic carbocycles. The van der Waals surface area contributed by atoms with Gasteiger partial charge in [-0.3, -0.25) is 4.79 Å². The number of nitrogens with zero attached hydrogens (tertiary/aromatic N) is 2. The molecule has 5 nitrogen and oxygen atoms in total. The molecule has 82 valence electrons. The first-order valence-electron chi connectivity index (χ1n) is 5.12. The van der Waals surface area contributed by atoms with Gasteiger partial charge in [0, 0.05) is 25.0 Å². The van der Waals surface area contributed by atoms with Gasteiger partial charge in [0.05, 0.1) is 20.1 Å². The predicted octanol–water partition coefficient (Wildman–Crippen LogP) is 0.0919. The average molecular weight is 209 g/mol. The van der Waals surface area contributed by atoms with Gasteiger partial charge < -0.3 is 14.6 Å². The quantitative estimate of drug-likeness (QED) is 0.717. The number of ether oxygens (including phenoxy) is 1. The Morgan fingerprint density at radius 3 is 3.40 bits per heavy atom. The highest BCUT2D eigenvalue weighted by molar-refractivity contribution is 5.69. The summed E-state index contributed by atoms with van der Waals surface area (Å²) in [7, 11) is 1.41. The van der Waals surface area contributed by atoms with E-state index in [4.69, 9.17) is 0 Å². The topological polar surface area (TPSA) is 56.1 Å². The summed E-state index contributed by atoms with van der Waals surface area (Å²) >= 11 is 0. The van der Waals surface area contributed by atoms with Crippen molar-refractivity contribution in [3.63, 3.8) is 0 Å². The Morgan fingerprint density at radius 2 is 2.60 bits per heavy atom. The molecule has 0 fully saturated rings. The van der Waals surface area contributed by atoms with Crippen LogP contribution in [0.3, 0.4) is 0 Å². The monoisotopic (exact) mass is 209 g/mol. The lowest BCUT2D eigenvalue weighted by Crippen LogP contribution is -2.29. The predicted molar refractivity (Wildman–Crippen MR) is 54.3 cm³/mol. The van der Waals surface area contributed by atoms with Crippen LogP contribution in [0.2, 0.25) is 0 Å². The lowest BCUT2D eigenvalue weighted by molar-refractivity contribution is -0.140. The maximum atomic E-state index is 11.0. The van der Waals surface area contributed by atoms with Gasteiger partial charge in [0.2, 0.25) is 0 Å². The van der Waals surface area contributed by atoms with Crippen molar-refractivity contribution >= 4 is 5.97 Å². The first kappa shape index (κ1) is 10.2. The summed E-state index contributed by atoms with van der Waals surface area (Å²) in [6, 6.07) is 0.